The molecule has 3 heterocycles. The number of benzene rings is 2. The molecule has 2 atom stereocenters. The lowest BCUT2D eigenvalue weighted by Gasteiger charge is -2.36. The maximum absolute atomic E-state index is 13.4. The molecule has 0 spiro atoms. The molecular weight excluding hydrogens is 789 g/mol. The monoisotopic (exact) mass is 859 g/mol. The Balaban J connectivity index is 0.715. The lowest BCUT2D eigenvalue weighted by atomic mass is 9.73. The van der Waals surface area contributed by atoms with Crippen molar-refractivity contribution in [3.63, 3.8) is 0 Å². The molecule has 4 aliphatic carbocycles. The number of methoxy groups -OCH3 is 1. The van der Waals surface area contributed by atoms with Gasteiger partial charge in [-0.1, -0.05) is 64.4 Å². The third-order valence-corrected chi connectivity index (χ3v) is 14.7. The normalized spacial score (nSPS) is 21.6. The van der Waals surface area contributed by atoms with Gasteiger partial charge in [0.05, 0.1) is 18.5 Å². The van der Waals surface area contributed by atoms with Crippen LogP contribution in [0.1, 0.15) is 122 Å². The van der Waals surface area contributed by atoms with Gasteiger partial charge in [-0.25, -0.2) is 4.98 Å². The van der Waals surface area contributed by atoms with Crippen molar-refractivity contribution < 1.29 is 14.3 Å². The number of pyridine rings is 1. The first-order valence-electron chi connectivity index (χ1n) is 24.2. The molecule has 1 saturated heterocycles. The number of amides is 2. The van der Waals surface area contributed by atoms with Crippen LogP contribution >= 0.6 is 0 Å². The average Bonchev–Trinajstić information content (AvgIpc) is 3.66. The Morgan fingerprint density at radius 3 is 2.25 bits per heavy atom. The number of aromatic nitrogens is 3. The third kappa shape index (κ3) is 10.9. The number of nitrogens with one attached hydrogen (secondary N) is 3. The van der Waals surface area contributed by atoms with Crippen molar-refractivity contribution in [1.29, 1.82) is 0 Å². The van der Waals surface area contributed by atoms with Crippen LogP contribution in [0, 0.1) is 30.1 Å². The predicted molar refractivity (Wildman–Crippen MR) is 254 cm³/mol. The zero-order valence-corrected chi connectivity index (χ0v) is 38.1. The van der Waals surface area contributed by atoms with E-state index < -0.39 is 0 Å². The minimum absolute atomic E-state index is 0.102. The molecule has 2 unspecified atom stereocenters. The highest BCUT2D eigenvalue weighted by molar-refractivity contribution is 5.91. The number of unbranched alkanes of at least 4 members (excludes halogenated alkanes) is 9. The van der Waals surface area contributed by atoms with Crippen molar-refractivity contribution in [3.05, 3.63) is 70.6 Å². The highest BCUT2D eigenvalue weighted by Crippen LogP contribution is 2.66. The molecule has 2 amide bonds. The van der Waals surface area contributed by atoms with Crippen LogP contribution in [0.2, 0.25) is 0 Å². The number of nitrogens with zero attached hydrogens (tertiary/aromatic N) is 5. The van der Waals surface area contributed by atoms with E-state index in [-0.39, 0.29) is 11.5 Å². The summed E-state index contributed by atoms with van der Waals surface area (Å²) in [5.74, 6) is 3.96. The fourth-order valence-corrected chi connectivity index (χ4v) is 11.6. The summed E-state index contributed by atoms with van der Waals surface area (Å²) in [5.41, 5.74) is 4.46. The Morgan fingerprint density at radius 2 is 1.54 bits per heavy atom. The Morgan fingerprint density at radius 1 is 0.825 bits per heavy atom. The van der Waals surface area contributed by atoms with Crippen LogP contribution in [0.5, 0.6) is 5.75 Å². The van der Waals surface area contributed by atoms with Gasteiger partial charge in [0.1, 0.15) is 5.75 Å². The molecule has 12 nitrogen and oxygen atoms in total. The van der Waals surface area contributed by atoms with E-state index in [4.69, 9.17) is 9.72 Å². The Labute approximate surface area is 374 Å². The molecule has 2 aromatic carbocycles. The summed E-state index contributed by atoms with van der Waals surface area (Å²) in [6.07, 6.45) is 22.7. The Kier molecular flexibility index (Phi) is 14.7. The third-order valence-electron chi connectivity index (χ3n) is 14.7. The van der Waals surface area contributed by atoms with Crippen LogP contribution in [-0.4, -0.2) is 77.6 Å². The number of aryl methyl sites for hydroxylation is 1. The van der Waals surface area contributed by atoms with Gasteiger partial charge in [-0.2, -0.15) is 4.98 Å². The van der Waals surface area contributed by atoms with Crippen LogP contribution < -0.4 is 31.1 Å². The van der Waals surface area contributed by atoms with Gasteiger partial charge in [0.25, 0.3) is 5.56 Å². The molecule has 0 radical (unpaired) electrons. The van der Waals surface area contributed by atoms with E-state index >= 15 is 0 Å². The van der Waals surface area contributed by atoms with Gasteiger partial charge < -0.3 is 25.6 Å². The minimum atomic E-state index is -0.223. The number of hydrogen-bond donors (Lipinski definition) is 3. The van der Waals surface area contributed by atoms with Crippen molar-refractivity contribution >= 4 is 45.9 Å². The molecule has 4 aromatic rings. The second-order valence-corrected chi connectivity index (χ2v) is 19.2. The first-order chi connectivity index (χ1) is 30.7. The molecule has 2 aromatic heterocycles. The van der Waals surface area contributed by atoms with Gasteiger partial charge in [-0.3, -0.25) is 23.9 Å². The number of anilines is 4. The summed E-state index contributed by atoms with van der Waals surface area (Å²) < 4.78 is 7.40. The second kappa shape index (κ2) is 20.7. The van der Waals surface area contributed by atoms with E-state index in [1.54, 1.807) is 43.0 Å². The molecule has 3 N–H and O–H groups in total. The van der Waals surface area contributed by atoms with Crippen LogP contribution in [-0.2, 0) is 9.59 Å². The van der Waals surface area contributed by atoms with Crippen LogP contribution in [0.25, 0.3) is 16.7 Å². The Hall–Kier alpha value is -4.97. The van der Waals surface area contributed by atoms with Crippen LogP contribution in [0.3, 0.4) is 0 Å². The predicted octanol–water partition coefficient (Wildman–Crippen LogP) is 9.55. The summed E-state index contributed by atoms with van der Waals surface area (Å²) in [7, 11) is 1.67. The molecule has 63 heavy (non-hydrogen) atoms. The maximum atomic E-state index is 13.4. The number of piperazine rings is 1. The van der Waals surface area contributed by atoms with E-state index in [9.17, 15) is 14.4 Å². The van der Waals surface area contributed by atoms with E-state index in [0.29, 0.717) is 46.5 Å². The summed E-state index contributed by atoms with van der Waals surface area (Å²) in [6, 6.07) is 15.0. The topological polar surface area (TPSA) is 134 Å². The molecule has 4 bridgehead atoms. The van der Waals surface area contributed by atoms with E-state index in [2.05, 4.69) is 42.9 Å². The van der Waals surface area contributed by atoms with Gasteiger partial charge >= 0.3 is 0 Å². The molecular formula is C51H70N8O4. The number of hydrogen-bond acceptors (Lipinski definition) is 9. The van der Waals surface area contributed by atoms with Gasteiger partial charge in [0.15, 0.2) is 5.65 Å². The zero-order chi connectivity index (χ0) is 43.8. The van der Waals surface area contributed by atoms with E-state index in [0.717, 1.165) is 85.6 Å². The number of fused-ring (bicyclic) bond motifs is 1. The standard InChI is InChI=1S/C51H70N8O4/c1-4-46(60)54-40-16-15-17-42(30-40)59-48(62)26-36(2)43-35-53-50(56-49(43)59)55-44-19-18-41(31-45(44)63-3)58-24-22-57(23-25-58)21-14-12-10-8-6-5-7-9-11-13-20-52-47(61)34-51-32-37-27-38(33-51)29-39(51)28-37/h15-19,26,30-31,35,37-39H,4-14,20-25,27-29,32-34H2,1-3H3,(H,52,61)(H,54,60)(H,53,55,56). The number of carbonyl (C=O) groups is 2. The summed E-state index contributed by atoms with van der Waals surface area (Å²) in [5, 5.41) is 10.2. The van der Waals surface area contributed by atoms with Crippen molar-refractivity contribution in [2.45, 2.75) is 123 Å². The van der Waals surface area contributed by atoms with Gasteiger partial charge in [0.2, 0.25) is 17.8 Å². The molecule has 338 valence electrons. The second-order valence-electron chi connectivity index (χ2n) is 19.2. The SMILES string of the molecule is CCC(=O)Nc1cccc(-n2c(=O)cc(C)c3cnc(Nc4ccc(N5CCN(CCCCCCCCCCCCNC(=O)CC67CC8CC(CC6C8)C7)CC5)cc4OC)nc32)c1. The number of rotatable bonds is 22. The molecule has 1 aliphatic heterocycles. The van der Waals surface area contributed by atoms with Gasteiger partial charge in [-0.15, -0.1) is 0 Å². The smallest absolute Gasteiger partial charge is 0.257 e. The minimum Gasteiger partial charge on any atom is -0.494 e. The quantitative estimate of drug-likeness (QED) is 0.0661. The fraction of sp³-hybridized carbons (Fsp3) is 0.588. The van der Waals surface area contributed by atoms with Crippen LogP contribution in [0.15, 0.2) is 59.5 Å². The summed E-state index contributed by atoms with van der Waals surface area (Å²) in [4.78, 5) is 52.6. The largest absolute Gasteiger partial charge is 0.494 e. The average molecular weight is 859 g/mol. The number of carbonyl (C=O) groups excluding carboxylic acids is 2. The maximum Gasteiger partial charge on any atom is 0.257 e. The van der Waals surface area contributed by atoms with E-state index in [1.165, 1.54) is 96.4 Å². The summed E-state index contributed by atoms with van der Waals surface area (Å²) >= 11 is 0. The molecule has 12 heteroatoms. The van der Waals surface area contributed by atoms with Gasteiger partial charge in [0, 0.05) is 80.7 Å². The highest BCUT2D eigenvalue weighted by atomic mass is 16.5. The first kappa shape index (κ1) is 44.6. The van der Waals surface area contributed by atoms with Crippen molar-refractivity contribution in [3.8, 4) is 11.4 Å². The number of ether oxygens (including phenoxy) is 1. The summed E-state index contributed by atoms with van der Waals surface area (Å²) in [6.45, 7) is 9.74. The lowest BCUT2D eigenvalue weighted by molar-refractivity contribution is -0.124. The highest BCUT2D eigenvalue weighted by Gasteiger charge is 2.57. The molecule has 5 aliphatic rings. The molecule has 9 rings (SSSR count). The van der Waals surface area contributed by atoms with Crippen molar-refractivity contribution in [2.24, 2.45) is 23.2 Å². The lowest BCUT2D eigenvalue weighted by Crippen LogP contribution is -2.46. The molecule has 5 fully saturated rings. The first-order valence-corrected chi connectivity index (χ1v) is 24.2. The van der Waals surface area contributed by atoms with Crippen LogP contribution in [0.4, 0.5) is 23.0 Å². The Bertz CT molecular complexity index is 2250. The fourth-order valence-electron chi connectivity index (χ4n) is 11.6. The van der Waals surface area contributed by atoms with Crippen molar-refractivity contribution in [2.75, 3.05) is 61.9 Å². The van der Waals surface area contributed by atoms with Crippen molar-refractivity contribution in [1.82, 2.24) is 24.8 Å². The molecule has 4 saturated carbocycles. The zero-order valence-electron chi connectivity index (χ0n) is 38.1. The van der Waals surface area contributed by atoms with Gasteiger partial charge in [-0.05, 0) is 117 Å². The van der Waals surface area contributed by atoms with E-state index in [1.807, 2.05) is 25.1 Å².